The van der Waals surface area contributed by atoms with Gasteiger partial charge in [-0.15, -0.1) is 0 Å². The summed E-state index contributed by atoms with van der Waals surface area (Å²) in [4.78, 5) is 27.3. The molecule has 2 aromatic carbocycles. The van der Waals surface area contributed by atoms with Crippen LogP contribution in [0.15, 0.2) is 54.6 Å². The fraction of sp³-hybridized carbons (Fsp3) is 0.548. The van der Waals surface area contributed by atoms with Crippen molar-refractivity contribution >= 4 is 18.9 Å². The van der Waals surface area contributed by atoms with E-state index in [2.05, 4.69) is 36.6 Å². The molecule has 7 heteroatoms. The molecule has 2 aliphatic rings. The molecule has 1 heterocycles. The van der Waals surface area contributed by atoms with Crippen LogP contribution >= 0.6 is 0 Å². The maximum atomic E-state index is 13.8. The van der Waals surface area contributed by atoms with Crippen molar-refractivity contribution in [1.29, 1.82) is 0 Å². The Morgan fingerprint density at radius 2 is 1.53 bits per heavy atom. The second-order valence-electron chi connectivity index (χ2n) is 12.3. The van der Waals surface area contributed by atoms with Crippen LogP contribution in [0, 0.1) is 11.8 Å². The molecule has 0 bridgehead atoms. The first-order valence-corrected chi connectivity index (χ1v) is 14.0. The first-order valence-electron chi connectivity index (χ1n) is 14.0. The van der Waals surface area contributed by atoms with E-state index in [1.807, 2.05) is 70.2 Å². The number of nitrogens with one attached hydrogen (secondary N) is 2. The molecule has 0 saturated carbocycles. The molecule has 2 amide bonds. The zero-order valence-electron chi connectivity index (χ0n) is 23.8. The predicted octanol–water partition coefficient (Wildman–Crippen LogP) is 4.68. The summed E-state index contributed by atoms with van der Waals surface area (Å²) in [6, 6.07) is 17.5. The Morgan fingerprint density at radius 3 is 2.16 bits per heavy atom. The maximum absolute atomic E-state index is 13.8. The van der Waals surface area contributed by atoms with Crippen LogP contribution < -0.4 is 10.6 Å². The van der Waals surface area contributed by atoms with E-state index in [0.29, 0.717) is 25.2 Å². The maximum Gasteiger partial charge on any atom is 0.481 e. The Bertz CT molecular complexity index is 1100. The molecule has 0 unspecified atom stereocenters. The second kappa shape index (κ2) is 11.6. The molecular formula is C31H43BN2O4. The average molecular weight is 519 g/mol. The minimum Gasteiger partial charge on any atom is -0.402 e. The second-order valence-corrected chi connectivity index (χ2v) is 12.3. The van der Waals surface area contributed by atoms with Gasteiger partial charge in [0.1, 0.15) is 6.04 Å². The third-order valence-electron chi connectivity index (χ3n) is 8.29. The fourth-order valence-electron chi connectivity index (χ4n) is 5.35. The van der Waals surface area contributed by atoms with E-state index in [9.17, 15) is 9.59 Å². The summed E-state index contributed by atoms with van der Waals surface area (Å²) in [6.07, 6.45) is 3.48. The van der Waals surface area contributed by atoms with Crippen LogP contribution in [0.3, 0.4) is 0 Å². The fourth-order valence-corrected chi connectivity index (χ4v) is 5.35. The summed E-state index contributed by atoms with van der Waals surface area (Å²) in [5.41, 5.74) is 2.55. The van der Waals surface area contributed by atoms with Gasteiger partial charge >= 0.3 is 7.12 Å². The van der Waals surface area contributed by atoms with E-state index < -0.39 is 24.4 Å². The highest BCUT2D eigenvalue weighted by atomic mass is 16.7. The summed E-state index contributed by atoms with van der Waals surface area (Å²) in [5, 5.41) is 6.32. The number of hydrogen-bond acceptors (Lipinski definition) is 4. The zero-order chi connectivity index (χ0) is 27.5. The van der Waals surface area contributed by atoms with E-state index >= 15 is 0 Å². The van der Waals surface area contributed by atoms with Crippen LogP contribution in [0.1, 0.15) is 71.1 Å². The smallest absolute Gasteiger partial charge is 0.402 e. The standard InChI is InChI=1S/C31H43BN2O4/c1-21(2)18-27(32-37-30(3,4)31(5,6)38-32)34-29(36)26(19-22-12-8-7-9-13-22)33-28(35)25-17-16-23-14-10-11-15-24(23)20-25/h7-15,21,25-27H,16-20H2,1-6H3,(H,33,35)(H,34,36)/t25-,26-,27-/m0/s1. The Morgan fingerprint density at radius 1 is 0.921 bits per heavy atom. The Labute approximate surface area is 228 Å². The van der Waals surface area contributed by atoms with Crippen LogP contribution in [0.5, 0.6) is 0 Å². The van der Waals surface area contributed by atoms with Gasteiger partial charge in [-0.3, -0.25) is 9.59 Å². The molecule has 3 atom stereocenters. The molecule has 4 rings (SSSR count). The minimum atomic E-state index is -0.695. The van der Waals surface area contributed by atoms with E-state index in [1.165, 1.54) is 11.1 Å². The van der Waals surface area contributed by atoms with Crippen molar-refractivity contribution in [2.24, 2.45) is 11.8 Å². The quantitative estimate of drug-likeness (QED) is 0.473. The lowest BCUT2D eigenvalue weighted by atomic mass is 9.73. The van der Waals surface area contributed by atoms with Gasteiger partial charge < -0.3 is 19.9 Å². The molecule has 1 aliphatic carbocycles. The van der Waals surface area contributed by atoms with Gasteiger partial charge in [0.25, 0.3) is 0 Å². The zero-order valence-corrected chi connectivity index (χ0v) is 23.8. The first kappa shape index (κ1) is 28.4. The van der Waals surface area contributed by atoms with Crippen LogP contribution in [0.4, 0.5) is 0 Å². The normalized spacial score (nSPS) is 21.4. The van der Waals surface area contributed by atoms with Crippen molar-refractivity contribution in [3.05, 3.63) is 71.3 Å². The van der Waals surface area contributed by atoms with Gasteiger partial charge in [-0.1, -0.05) is 68.4 Å². The van der Waals surface area contributed by atoms with Gasteiger partial charge in [0.05, 0.1) is 17.1 Å². The molecular weight excluding hydrogens is 475 g/mol. The average Bonchev–Trinajstić information content (AvgIpc) is 3.09. The Kier molecular flexibility index (Phi) is 8.68. The van der Waals surface area contributed by atoms with Crippen molar-refractivity contribution in [1.82, 2.24) is 10.6 Å². The molecule has 1 saturated heterocycles. The molecule has 0 radical (unpaired) electrons. The van der Waals surface area contributed by atoms with Crippen molar-refractivity contribution < 1.29 is 18.9 Å². The lowest BCUT2D eigenvalue weighted by molar-refractivity contribution is -0.131. The minimum absolute atomic E-state index is 0.0633. The van der Waals surface area contributed by atoms with Crippen LogP contribution in [-0.2, 0) is 38.2 Å². The summed E-state index contributed by atoms with van der Waals surface area (Å²) < 4.78 is 12.6. The summed E-state index contributed by atoms with van der Waals surface area (Å²) >= 11 is 0. The molecule has 0 aromatic heterocycles. The van der Waals surface area contributed by atoms with Crippen LogP contribution in [0.2, 0.25) is 0 Å². The monoisotopic (exact) mass is 518 g/mol. The van der Waals surface area contributed by atoms with Crippen molar-refractivity contribution in [3.8, 4) is 0 Å². The van der Waals surface area contributed by atoms with Gasteiger partial charge in [-0.25, -0.2) is 0 Å². The highest BCUT2D eigenvalue weighted by Gasteiger charge is 2.54. The number of carbonyl (C=O) groups is 2. The van der Waals surface area contributed by atoms with Gasteiger partial charge in [-0.2, -0.15) is 0 Å². The molecule has 204 valence electrons. The van der Waals surface area contributed by atoms with Gasteiger partial charge in [0.15, 0.2) is 0 Å². The molecule has 2 aromatic rings. The van der Waals surface area contributed by atoms with Crippen molar-refractivity contribution in [2.75, 3.05) is 0 Å². The van der Waals surface area contributed by atoms with E-state index in [4.69, 9.17) is 9.31 Å². The number of rotatable bonds is 9. The molecule has 6 nitrogen and oxygen atoms in total. The van der Waals surface area contributed by atoms with Gasteiger partial charge in [0, 0.05) is 12.3 Å². The SMILES string of the molecule is CC(C)C[C@H](NC(=O)[C@H](Cc1ccccc1)NC(=O)[C@H]1CCc2ccccc2C1)B1OC(C)(C)C(C)(C)O1. The van der Waals surface area contributed by atoms with Crippen LogP contribution in [-0.4, -0.2) is 42.1 Å². The van der Waals surface area contributed by atoms with Crippen molar-refractivity contribution in [2.45, 2.75) is 96.8 Å². The van der Waals surface area contributed by atoms with E-state index in [-0.39, 0.29) is 23.7 Å². The highest BCUT2D eigenvalue weighted by molar-refractivity contribution is 6.48. The number of amides is 2. The van der Waals surface area contributed by atoms with Crippen LogP contribution in [0.25, 0.3) is 0 Å². The third-order valence-corrected chi connectivity index (χ3v) is 8.29. The first-order chi connectivity index (χ1) is 17.9. The molecule has 1 aliphatic heterocycles. The lowest BCUT2D eigenvalue weighted by Gasteiger charge is -2.32. The number of carbonyl (C=O) groups excluding carboxylic acids is 2. The number of fused-ring (bicyclic) bond motifs is 1. The molecule has 38 heavy (non-hydrogen) atoms. The van der Waals surface area contributed by atoms with Gasteiger partial charge in [0.2, 0.25) is 11.8 Å². The molecule has 1 fully saturated rings. The molecule has 0 spiro atoms. The topological polar surface area (TPSA) is 76.7 Å². The highest BCUT2D eigenvalue weighted by Crippen LogP contribution is 2.38. The number of aryl methyl sites for hydroxylation is 1. The summed E-state index contributed by atoms with van der Waals surface area (Å²) in [7, 11) is -0.561. The molecule has 2 N–H and O–H groups in total. The summed E-state index contributed by atoms with van der Waals surface area (Å²) in [5.74, 6) is -0.431. The van der Waals surface area contributed by atoms with E-state index in [0.717, 1.165) is 18.4 Å². The number of hydrogen-bond donors (Lipinski definition) is 2. The Hall–Kier alpha value is -2.64. The third kappa shape index (κ3) is 6.67. The lowest BCUT2D eigenvalue weighted by Crippen LogP contribution is -2.56. The van der Waals surface area contributed by atoms with Crippen molar-refractivity contribution in [3.63, 3.8) is 0 Å². The number of benzene rings is 2. The van der Waals surface area contributed by atoms with E-state index in [1.54, 1.807) is 0 Å². The van der Waals surface area contributed by atoms with Gasteiger partial charge in [-0.05, 0) is 76.0 Å². The summed E-state index contributed by atoms with van der Waals surface area (Å²) in [6.45, 7) is 12.3. The predicted molar refractivity (Wildman–Crippen MR) is 152 cm³/mol. The Balaban J connectivity index is 1.50. The largest absolute Gasteiger partial charge is 0.481 e.